The van der Waals surface area contributed by atoms with E-state index in [2.05, 4.69) is 13.8 Å². The van der Waals surface area contributed by atoms with Crippen molar-refractivity contribution in [2.45, 2.75) is 147 Å². The predicted molar refractivity (Wildman–Crippen MR) is 129 cm³/mol. The molecule has 0 aromatic heterocycles. The predicted octanol–water partition coefficient (Wildman–Crippen LogP) is 4.64. The summed E-state index contributed by atoms with van der Waals surface area (Å²) in [6, 6.07) is 0. The number of esters is 1. The van der Waals surface area contributed by atoms with Gasteiger partial charge in [0.15, 0.2) is 12.4 Å². The Kier molecular flexibility index (Phi) is 18.0. The zero-order valence-electron chi connectivity index (χ0n) is 21.1. The second-order valence-corrected chi connectivity index (χ2v) is 9.38. The first-order valence-corrected chi connectivity index (χ1v) is 13.5. The van der Waals surface area contributed by atoms with Gasteiger partial charge in [-0.15, -0.1) is 0 Å². The maximum Gasteiger partial charge on any atom is 0.338 e. The van der Waals surface area contributed by atoms with Crippen LogP contribution in [0.5, 0.6) is 0 Å². The van der Waals surface area contributed by atoms with Gasteiger partial charge in [-0.25, -0.2) is 4.79 Å². The third kappa shape index (κ3) is 13.1. The monoisotopic (exact) mass is 474 g/mol. The largest absolute Gasteiger partial charge is 0.464 e. The lowest BCUT2D eigenvalue weighted by Crippen LogP contribution is -2.60. The molecule has 0 radical (unpaired) electrons. The van der Waals surface area contributed by atoms with Gasteiger partial charge in [0, 0.05) is 6.61 Å². The molecule has 196 valence electrons. The van der Waals surface area contributed by atoms with E-state index in [1.54, 1.807) is 0 Å². The minimum absolute atomic E-state index is 0.253. The SMILES string of the molecule is CCCCCCCCCCOC(=O)[C@H]1O[C@H](OCCCCCCCCCC)[C@@H](O)[C@@H](O)[C@@H]1O. The van der Waals surface area contributed by atoms with Gasteiger partial charge in [0.1, 0.15) is 18.3 Å². The van der Waals surface area contributed by atoms with Gasteiger partial charge < -0.3 is 29.5 Å². The van der Waals surface area contributed by atoms with Gasteiger partial charge in [-0.3, -0.25) is 0 Å². The number of carbonyl (C=O) groups is 1. The number of ether oxygens (including phenoxy) is 3. The molecule has 0 spiro atoms. The topological polar surface area (TPSA) is 105 Å². The third-order valence-electron chi connectivity index (χ3n) is 6.32. The summed E-state index contributed by atoms with van der Waals surface area (Å²) >= 11 is 0. The fraction of sp³-hybridized carbons (Fsp3) is 0.962. The van der Waals surface area contributed by atoms with E-state index in [-0.39, 0.29) is 6.61 Å². The molecule has 0 aliphatic carbocycles. The minimum atomic E-state index is -1.55. The first-order valence-electron chi connectivity index (χ1n) is 13.5. The van der Waals surface area contributed by atoms with Crippen LogP contribution in [0.2, 0.25) is 0 Å². The van der Waals surface area contributed by atoms with Gasteiger partial charge in [-0.1, -0.05) is 104 Å². The Morgan fingerprint density at radius 2 is 1.09 bits per heavy atom. The standard InChI is InChI=1S/C26H50O7/c1-3-5-7-9-11-13-15-17-19-31-25(30)24-22(28)21(27)23(29)26(33-24)32-20-18-16-14-12-10-8-6-4-2/h21-24,26-29H,3-20H2,1-2H3/t21-,22-,23-,24-,26-/m0/s1. The molecule has 1 saturated heterocycles. The first kappa shape index (κ1) is 30.3. The van der Waals surface area contributed by atoms with Crippen molar-refractivity contribution in [3.8, 4) is 0 Å². The fourth-order valence-electron chi connectivity index (χ4n) is 4.11. The molecule has 33 heavy (non-hydrogen) atoms. The van der Waals surface area contributed by atoms with E-state index < -0.39 is 36.7 Å². The summed E-state index contributed by atoms with van der Waals surface area (Å²) in [5.41, 5.74) is 0. The van der Waals surface area contributed by atoms with E-state index in [1.807, 2.05) is 0 Å². The average Bonchev–Trinajstić information content (AvgIpc) is 2.81. The first-order chi connectivity index (χ1) is 16.0. The maximum atomic E-state index is 12.4. The van der Waals surface area contributed by atoms with Crippen LogP contribution in [0, 0.1) is 0 Å². The lowest BCUT2D eigenvalue weighted by molar-refractivity contribution is -0.295. The Hall–Kier alpha value is -0.730. The van der Waals surface area contributed by atoms with Crippen molar-refractivity contribution in [3.05, 3.63) is 0 Å². The molecular formula is C26H50O7. The van der Waals surface area contributed by atoms with Gasteiger partial charge >= 0.3 is 5.97 Å². The highest BCUT2D eigenvalue weighted by Crippen LogP contribution is 2.23. The molecule has 0 aromatic rings. The van der Waals surface area contributed by atoms with Gasteiger partial charge in [0.2, 0.25) is 0 Å². The van der Waals surface area contributed by atoms with Crippen LogP contribution < -0.4 is 0 Å². The van der Waals surface area contributed by atoms with Crippen molar-refractivity contribution < 1.29 is 34.3 Å². The zero-order valence-corrected chi connectivity index (χ0v) is 21.1. The van der Waals surface area contributed by atoms with E-state index >= 15 is 0 Å². The van der Waals surface area contributed by atoms with Crippen LogP contribution >= 0.6 is 0 Å². The molecule has 3 N–H and O–H groups in total. The molecule has 1 rings (SSSR count). The van der Waals surface area contributed by atoms with E-state index in [4.69, 9.17) is 14.2 Å². The number of unbranched alkanes of at least 4 members (excludes halogenated alkanes) is 14. The van der Waals surface area contributed by atoms with Crippen molar-refractivity contribution in [2.75, 3.05) is 13.2 Å². The van der Waals surface area contributed by atoms with Crippen LogP contribution in [0.25, 0.3) is 0 Å². The highest BCUT2D eigenvalue weighted by Gasteiger charge is 2.48. The van der Waals surface area contributed by atoms with Crippen molar-refractivity contribution in [2.24, 2.45) is 0 Å². The van der Waals surface area contributed by atoms with Crippen LogP contribution in [-0.2, 0) is 19.0 Å². The lowest BCUT2D eigenvalue weighted by Gasteiger charge is -2.39. The molecule has 5 atom stereocenters. The second-order valence-electron chi connectivity index (χ2n) is 9.38. The van der Waals surface area contributed by atoms with Gasteiger partial charge in [-0.05, 0) is 12.8 Å². The number of aliphatic hydroxyl groups is 3. The maximum absolute atomic E-state index is 12.4. The molecule has 1 heterocycles. The molecule has 0 bridgehead atoms. The number of aliphatic hydroxyl groups excluding tert-OH is 3. The lowest BCUT2D eigenvalue weighted by atomic mass is 9.99. The molecular weight excluding hydrogens is 424 g/mol. The summed E-state index contributed by atoms with van der Waals surface area (Å²) < 4.78 is 16.3. The summed E-state index contributed by atoms with van der Waals surface area (Å²) in [6.45, 7) is 5.02. The molecule has 0 amide bonds. The molecule has 0 saturated carbocycles. The normalized spacial score (nSPS) is 25.3. The van der Waals surface area contributed by atoms with Crippen molar-refractivity contribution >= 4 is 5.97 Å². The van der Waals surface area contributed by atoms with Crippen LogP contribution in [-0.4, -0.2) is 65.2 Å². The number of rotatable bonds is 20. The molecule has 1 aliphatic rings. The molecule has 1 aliphatic heterocycles. The van der Waals surface area contributed by atoms with E-state index in [1.165, 1.54) is 64.2 Å². The zero-order chi connectivity index (χ0) is 24.3. The van der Waals surface area contributed by atoms with E-state index in [9.17, 15) is 20.1 Å². The fourth-order valence-corrected chi connectivity index (χ4v) is 4.11. The minimum Gasteiger partial charge on any atom is -0.464 e. The van der Waals surface area contributed by atoms with Crippen molar-refractivity contribution in [3.63, 3.8) is 0 Å². The highest BCUT2D eigenvalue weighted by molar-refractivity contribution is 5.75. The Bertz CT molecular complexity index is 474. The average molecular weight is 475 g/mol. The number of hydrogen-bond donors (Lipinski definition) is 3. The number of hydrogen-bond acceptors (Lipinski definition) is 7. The Balaban J connectivity index is 2.23. The van der Waals surface area contributed by atoms with Gasteiger partial charge in [0.05, 0.1) is 6.61 Å². The van der Waals surface area contributed by atoms with Crippen LogP contribution in [0.3, 0.4) is 0 Å². The summed E-state index contributed by atoms with van der Waals surface area (Å²) in [5.74, 6) is -0.725. The quantitative estimate of drug-likeness (QED) is 0.174. The second kappa shape index (κ2) is 19.6. The number of carbonyl (C=O) groups excluding carboxylic acids is 1. The summed E-state index contributed by atoms with van der Waals surface area (Å²) in [4.78, 5) is 12.4. The van der Waals surface area contributed by atoms with Crippen LogP contribution in [0.15, 0.2) is 0 Å². The summed E-state index contributed by atoms with van der Waals surface area (Å²) in [5, 5.41) is 30.5. The molecule has 0 unspecified atom stereocenters. The Labute approximate surface area is 201 Å². The van der Waals surface area contributed by atoms with Gasteiger partial charge in [0.25, 0.3) is 0 Å². The molecule has 0 aromatic carbocycles. The molecule has 1 fully saturated rings. The Morgan fingerprint density at radius 1 is 0.636 bits per heavy atom. The Morgan fingerprint density at radius 3 is 1.61 bits per heavy atom. The van der Waals surface area contributed by atoms with E-state index in [0.29, 0.717) is 6.61 Å². The van der Waals surface area contributed by atoms with Crippen LogP contribution in [0.4, 0.5) is 0 Å². The highest BCUT2D eigenvalue weighted by atomic mass is 16.7. The smallest absolute Gasteiger partial charge is 0.338 e. The van der Waals surface area contributed by atoms with Crippen LogP contribution in [0.1, 0.15) is 117 Å². The van der Waals surface area contributed by atoms with Crippen molar-refractivity contribution in [1.82, 2.24) is 0 Å². The van der Waals surface area contributed by atoms with Gasteiger partial charge in [-0.2, -0.15) is 0 Å². The molecule has 7 nitrogen and oxygen atoms in total. The van der Waals surface area contributed by atoms with E-state index in [0.717, 1.165) is 38.5 Å². The van der Waals surface area contributed by atoms with Crippen molar-refractivity contribution in [1.29, 1.82) is 0 Å². The summed E-state index contributed by atoms with van der Waals surface area (Å²) in [7, 11) is 0. The third-order valence-corrected chi connectivity index (χ3v) is 6.32. The summed E-state index contributed by atoms with van der Waals surface area (Å²) in [6.07, 6.45) is 11.3. The molecule has 7 heteroatoms.